The van der Waals surface area contributed by atoms with E-state index in [-0.39, 0.29) is 12.5 Å². The van der Waals surface area contributed by atoms with Crippen LogP contribution in [0.4, 0.5) is 5.82 Å². The zero-order valence-electron chi connectivity index (χ0n) is 19.0. The van der Waals surface area contributed by atoms with Crippen LogP contribution in [0.5, 0.6) is 0 Å². The summed E-state index contributed by atoms with van der Waals surface area (Å²) in [6.45, 7) is 9.97. The highest BCUT2D eigenvalue weighted by Crippen LogP contribution is 2.18. The molecule has 172 valence electrons. The van der Waals surface area contributed by atoms with Crippen LogP contribution in [0.1, 0.15) is 35.5 Å². The van der Waals surface area contributed by atoms with Crippen LogP contribution >= 0.6 is 0 Å². The molecule has 8 heteroatoms. The number of benzene rings is 1. The molecule has 0 bridgehead atoms. The van der Waals surface area contributed by atoms with Crippen LogP contribution in [0.15, 0.2) is 36.7 Å². The van der Waals surface area contributed by atoms with E-state index in [2.05, 4.69) is 68.5 Å². The van der Waals surface area contributed by atoms with Gasteiger partial charge in [-0.1, -0.05) is 38.1 Å². The Labute approximate surface area is 190 Å². The molecule has 1 saturated heterocycles. The van der Waals surface area contributed by atoms with Gasteiger partial charge in [0.25, 0.3) is 5.91 Å². The second-order valence-corrected chi connectivity index (χ2v) is 9.36. The van der Waals surface area contributed by atoms with E-state index in [1.165, 1.54) is 17.5 Å². The number of aliphatic hydroxyl groups excluding tert-OH is 1. The van der Waals surface area contributed by atoms with Gasteiger partial charge in [-0.3, -0.25) is 14.6 Å². The second kappa shape index (κ2) is 10.4. The van der Waals surface area contributed by atoms with Gasteiger partial charge in [-0.05, 0) is 23.5 Å². The number of hydrogen-bond acceptors (Lipinski definition) is 7. The average molecular weight is 439 g/mol. The Morgan fingerprint density at radius 3 is 2.72 bits per heavy atom. The summed E-state index contributed by atoms with van der Waals surface area (Å²) >= 11 is 0. The number of aromatic nitrogens is 2. The molecular formula is C24H34N6O2. The third kappa shape index (κ3) is 6.03. The van der Waals surface area contributed by atoms with Crippen LogP contribution in [0.25, 0.3) is 0 Å². The standard InChI is InChI=1S/C24H34N6O2/c1-17(2)11-30-13-20(14-30)28-23-9-22(26-16-27-23)24(32)25-10-21(31)15-29-8-7-18-5-3-4-6-19(18)12-29/h3-6,9,16-17,20-21,31H,7-8,10-15H2,1-2H3,(H,25,32)(H,26,27,28). The Morgan fingerprint density at radius 1 is 1.16 bits per heavy atom. The summed E-state index contributed by atoms with van der Waals surface area (Å²) in [5.41, 5.74) is 3.00. The summed E-state index contributed by atoms with van der Waals surface area (Å²) in [6, 6.07) is 10.4. The molecule has 2 aliphatic rings. The molecule has 1 amide bonds. The summed E-state index contributed by atoms with van der Waals surface area (Å²) in [5, 5.41) is 16.6. The number of anilines is 1. The number of hydrogen-bond donors (Lipinski definition) is 3. The van der Waals surface area contributed by atoms with Gasteiger partial charge in [0.05, 0.1) is 12.1 Å². The van der Waals surface area contributed by atoms with E-state index >= 15 is 0 Å². The Bertz CT molecular complexity index is 915. The van der Waals surface area contributed by atoms with Gasteiger partial charge in [0.2, 0.25) is 0 Å². The number of fused-ring (bicyclic) bond motifs is 1. The van der Waals surface area contributed by atoms with Gasteiger partial charge in [-0.2, -0.15) is 0 Å². The number of nitrogens with zero attached hydrogens (tertiary/aromatic N) is 4. The lowest BCUT2D eigenvalue weighted by Crippen LogP contribution is -2.55. The second-order valence-electron chi connectivity index (χ2n) is 9.36. The molecule has 2 aliphatic heterocycles. The smallest absolute Gasteiger partial charge is 0.270 e. The lowest BCUT2D eigenvalue weighted by molar-refractivity contribution is 0.0838. The number of rotatable bonds is 9. The van der Waals surface area contributed by atoms with Crippen molar-refractivity contribution in [1.29, 1.82) is 0 Å². The van der Waals surface area contributed by atoms with Crippen LogP contribution < -0.4 is 10.6 Å². The number of likely N-dealkylation sites (tertiary alicyclic amines) is 1. The third-order valence-electron chi connectivity index (χ3n) is 6.01. The van der Waals surface area contributed by atoms with Gasteiger partial charge in [-0.15, -0.1) is 0 Å². The summed E-state index contributed by atoms with van der Waals surface area (Å²) in [7, 11) is 0. The molecule has 1 atom stereocenters. The lowest BCUT2D eigenvalue weighted by atomic mass is 10.00. The normalized spacial score (nSPS) is 18.1. The number of carbonyl (C=O) groups is 1. The zero-order chi connectivity index (χ0) is 22.5. The molecule has 32 heavy (non-hydrogen) atoms. The lowest BCUT2D eigenvalue weighted by Gasteiger charge is -2.40. The van der Waals surface area contributed by atoms with Crippen LogP contribution in [0.2, 0.25) is 0 Å². The summed E-state index contributed by atoms with van der Waals surface area (Å²) in [4.78, 5) is 25.5. The SMILES string of the molecule is CC(C)CN1CC(Nc2cc(C(=O)NCC(O)CN3CCc4ccccc4C3)ncn2)C1. The van der Waals surface area contributed by atoms with Crippen molar-refractivity contribution in [2.75, 3.05) is 44.6 Å². The first kappa shape index (κ1) is 22.6. The summed E-state index contributed by atoms with van der Waals surface area (Å²) in [6.07, 6.45) is 1.76. The molecule has 8 nitrogen and oxygen atoms in total. The molecule has 0 spiro atoms. The van der Waals surface area contributed by atoms with E-state index in [0.717, 1.165) is 39.1 Å². The predicted octanol–water partition coefficient (Wildman–Crippen LogP) is 1.38. The van der Waals surface area contributed by atoms with Crippen molar-refractivity contribution in [3.8, 4) is 0 Å². The van der Waals surface area contributed by atoms with Crippen LogP contribution in [-0.2, 0) is 13.0 Å². The van der Waals surface area contributed by atoms with Crippen molar-refractivity contribution in [1.82, 2.24) is 25.1 Å². The maximum Gasteiger partial charge on any atom is 0.270 e. The fraction of sp³-hybridized carbons (Fsp3) is 0.542. The molecule has 4 rings (SSSR count). The van der Waals surface area contributed by atoms with Crippen LogP contribution in [0, 0.1) is 5.92 Å². The van der Waals surface area contributed by atoms with Crippen LogP contribution in [-0.4, -0.2) is 82.2 Å². The van der Waals surface area contributed by atoms with Gasteiger partial charge < -0.3 is 15.7 Å². The number of aliphatic hydroxyl groups is 1. The minimum Gasteiger partial charge on any atom is -0.390 e. The van der Waals surface area contributed by atoms with E-state index in [4.69, 9.17) is 0 Å². The molecule has 2 aromatic rings. The predicted molar refractivity (Wildman–Crippen MR) is 124 cm³/mol. The van der Waals surface area contributed by atoms with E-state index < -0.39 is 6.10 Å². The highest BCUT2D eigenvalue weighted by atomic mass is 16.3. The topological polar surface area (TPSA) is 93.6 Å². The first-order valence-corrected chi connectivity index (χ1v) is 11.5. The average Bonchev–Trinajstić information content (AvgIpc) is 2.76. The molecule has 1 aromatic heterocycles. The fourth-order valence-electron chi connectivity index (χ4n) is 4.47. The molecule has 3 heterocycles. The molecule has 1 unspecified atom stereocenters. The van der Waals surface area contributed by atoms with Crippen molar-refractivity contribution < 1.29 is 9.90 Å². The van der Waals surface area contributed by atoms with E-state index in [9.17, 15) is 9.90 Å². The number of β-amino-alcohol motifs (C(OH)–C–C–N with tert-alkyl or cyclic N) is 1. The fourth-order valence-corrected chi connectivity index (χ4v) is 4.47. The van der Waals surface area contributed by atoms with Crippen molar-refractivity contribution in [2.24, 2.45) is 5.92 Å². The summed E-state index contributed by atoms with van der Waals surface area (Å²) < 4.78 is 0. The Hall–Kier alpha value is -2.55. The first-order chi connectivity index (χ1) is 15.5. The molecule has 0 aliphatic carbocycles. The van der Waals surface area contributed by atoms with Crippen molar-refractivity contribution in [3.05, 3.63) is 53.5 Å². The Morgan fingerprint density at radius 2 is 1.94 bits per heavy atom. The van der Waals surface area contributed by atoms with Gasteiger partial charge >= 0.3 is 0 Å². The van der Waals surface area contributed by atoms with Gasteiger partial charge in [0, 0.05) is 51.9 Å². The highest BCUT2D eigenvalue weighted by molar-refractivity contribution is 5.92. The Balaban J connectivity index is 1.21. The van der Waals surface area contributed by atoms with Gasteiger partial charge in [0.1, 0.15) is 17.8 Å². The van der Waals surface area contributed by atoms with Crippen LogP contribution in [0.3, 0.4) is 0 Å². The number of carbonyl (C=O) groups excluding carboxylic acids is 1. The largest absolute Gasteiger partial charge is 0.390 e. The van der Waals surface area contributed by atoms with Crippen molar-refractivity contribution >= 4 is 11.7 Å². The minimum absolute atomic E-state index is 0.191. The molecule has 3 N–H and O–H groups in total. The third-order valence-corrected chi connectivity index (χ3v) is 6.01. The number of nitrogens with one attached hydrogen (secondary N) is 2. The van der Waals surface area contributed by atoms with E-state index in [0.29, 0.717) is 30.0 Å². The molecule has 1 fully saturated rings. The van der Waals surface area contributed by atoms with Crippen molar-refractivity contribution in [3.63, 3.8) is 0 Å². The Kier molecular flexibility index (Phi) is 7.34. The maximum absolute atomic E-state index is 12.5. The van der Waals surface area contributed by atoms with E-state index in [1.54, 1.807) is 6.07 Å². The van der Waals surface area contributed by atoms with Gasteiger partial charge in [-0.25, -0.2) is 9.97 Å². The molecule has 0 saturated carbocycles. The summed E-state index contributed by atoms with van der Waals surface area (Å²) in [5.74, 6) is 1.02. The van der Waals surface area contributed by atoms with Gasteiger partial charge in [0.15, 0.2) is 0 Å². The molecule has 1 aromatic carbocycles. The highest BCUT2D eigenvalue weighted by Gasteiger charge is 2.27. The van der Waals surface area contributed by atoms with Crippen molar-refractivity contribution in [2.45, 2.75) is 39.0 Å². The molecular weight excluding hydrogens is 404 g/mol. The first-order valence-electron chi connectivity index (χ1n) is 11.5. The zero-order valence-corrected chi connectivity index (χ0v) is 19.0. The maximum atomic E-state index is 12.5. The number of amides is 1. The molecule has 0 radical (unpaired) electrons. The monoisotopic (exact) mass is 438 g/mol. The minimum atomic E-state index is -0.634. The van der Waals surface area contributed by atoms with E-state index in [1.807, 2.05) is 0 Å². The quantitative estimate of drug-likeness (QED) is 0.545.